The van der Waals surface area contributed by atoms with E-state index in [-0.39, 0.29) is 17.6 Å². The predicted octanol–water partition coefficient (Wildman–Crippen LogP) is 2.22. The van der Waals surface area contributed by atoms with Gasteiger partial charge in [-0.05, 0) is 40.3 Å². The van der Waals surface area contributed by atoms with E-state index in [0.717, 1.165) is 32.3 Å². The van der Waals surface area contributed by atoms with Gasteiger partial charge in [-0.15, -0.1) is 0 Å². The molecule has 106 valence electrons. The maximum absolute atomic E-state index is 11.8. The van der Waals surface area contributed by atoms with Crippen molar-refractivity contribution in [2.24, 2.45) is 0 Å². The Balaban J connectivity index is 2.70. The lowest BCUT2D eigenvalue weighted by Crippen LogP contribution is -2.52. The van der Waals surface area contributed by atoms with Crippen LogP contribution in [0.2, 0.25) is 0 Å². The first-order valence-electron chi connectivity index (χ1n) is 6.98. The summed E-state index contributed by atoms with van der Waals surface area (Å²) in [6.07, 6.45) is 4.76. The molecule has 1 saturated heterocycles. The zero-order chi connectivity index (χ0) is 13.6. The Bertz CT molecular complexity index is 266. The topological polar surface area (TPSA) is 38.8 Å². The van der Waals surface area contributed by atoms with Gasteiger partial charge in [0, 0.05) is 12.1 Å². The van der Waals surface area contributed by atoms with Gasteiger partial charge >= 0.3 is 5.97 Å². The van der Waals surface area contributed by atoms with Crippen LogP contribution in [0, 0.1) is 0 Å². The molecule has 0 aliphatic carbocycles. The van der Waals surface area contributed by atoms with E-state index in [4.69, 9.17) is 9.47 Å². The molecule has 2 atom stereocenters. The molecule has 1 rings (SSSR count). The molecule has 4 nitrogen and oxygen atoms in total. The summed E-state index contributed by atoms with van der Waals surface area (Å²) in [7, 11) is 4.10. The minimum absolute atomic E-state index is 0.0929. The van der Waals surface area contributed by atoms with Crippen molar-refractivity contribution < 1.29 is 14.3 Å². The van der Waals surface area contributed by atoms with E-state index in [9.17, 15) is 4.79 Å². The minimum Gasteiger partial charge on any atom is -0.466 e. The van der Waals surface area contributed by atoms with E-state index in [0.29, 0.717) is 13.0 Å². The lowest BCUT2D eigenvalue weighted by atomic mass is 9.81. The van der Waals surface area contributed by atoms with Gasteiger partial charge in [-0.1, -0.05) is 13.3 Å². The van der Waals surface area contributed by atoms with Crippen LogP contribution in [0.5, 0.6) is 0 Å². The Kier molecular flexibility index (Phi) is 6.09. The number of ether oxygens (including phenoxy) is 2. The number of hydrogen-bond donors (Lipinski definition) is 0. The zero-order valence-electron chi connectivity index (χ0n) is 12.2. The zero-order valence-corrected chi connectivity index (χ0v) is 12.2. The van der Waals surface area contributed by atoms with E-state index < -0.39 is 0 Å². The third kappa shape index (κ3) is 3.95. The molecular formula is C14H27NO3. The number of esters is 1. The Hall–Kier alpha value is -0.610. The molecule has 2 unspecified atom stereocenters. The molecule has 1 aliphatic rings. The van der Waals surface area contributed by atoms with Crippen molar-refractivity contribution in [1.29, 1.82) is 0 Å². The number of nitrogens with zero attached hydrogens (tertiary/aromatic N) is 1. The van der Waals surface area contributed by atoms with Gasteiger partial charge < -0.3 is 14.4 Å². The fraction of sp³-hybridized carbons (Fsp3) is 0.929. The highest BCUT2D eigenvalue weighted by Crippen LogP contribution is 2.34. The SMILES string of the molecule is CCCC1CC(CC(=O)OCC)(N(C)C)CCO1. The fourth-order valence-electron chi connectivity index (χ4n) is 2.71. The van der Waals surface area contributed by atoms with Crippen LogP contribution in [0.15, 0.2) is 0 Å². The van der Waals surface area contributed by atoms with E-state index in [1.54, 1.807) is 0 Å². The Morgan fingerprint density at radius 2 is 2.17 bits per heavy atom. The summed E-state index contributed by atoms with van der Waals surface area (Å²) < 4.78 is 10.9. The summed E-state index contributed by atoms with van der Waals surface area (Å²) in [5.74, 6) is -0.0941. The summed E-state index contributed by atoms with van der Waals surface area (Å²) in [6, 6.07) is 0. The number of carbonyl (C=O) groups excluding carboxylic acids is 1. The lowest BCUT2D eigenvalue weighted by Gasteiger charge is -2.45. The van der Waals surface area contributed by atoms with Crippen LogP contribution in [0.4, 0.5) is 0 Å². The average molecular weight is 257 g/mol. The second-order valence-electron chi connectivity index (χ2n) is 5.34. The molecule has 0 radical (unpaired) electrons. The van der Waals surface area contributed by atoms with Crippen molar-refractivity contribution in [3.8, 4) is 0 Å². The summed E-state index contributed by atoms with van der Waals surface area (Å²) >= 11 is 0. The van der Waals surface area contributed by atoms with Crippen LogP contribution in [-0.2, 0) is 14.3 Å². The molecule has 0 spiro atoms. The van der Waals surface area contributed by atoms with Gasteiger partial charge in [-0.2, -0.15) is 0 Å². The van der Waals surface area contributed by atoms with Crippen LogP contribution in [0.3, 0.4) is 0 Å². The van der Waals surface area contributed by atoms with Gasteiger partial charge in [-0.3, -0.25) is 4.79 Å². The first kappa shape index (κ1) is 15.4. The molecule has 0 amide bonds. The van der Waals surface area contributed by atoms with Crippen LogP contribution in [0.1, 0.15) is 46.0 Å². The highest BCUT2D eigenvalue weighted by molar-refractivity contribution is 5.71. The lowest BCUT2D eigenvalue weighted by molar-refractivity contribution is -0.149. The van der Waals surface area contributed by atoms with E-state index >= 15 is 0 Å². The first-order chi connectivity index (χ1) is 8.54. The molecule has 4 heteroatoms. The molecule has 0 aromatic rings. The molecule has 0 saturated carbocycles. The van der Waals surface area contributed by atoms with E-state index in [1.165, 1.54) is 0 Å². The van der Waals surface area contributed by atoms with Crippen LogP contribution < -0.4 is 0 Å². The Labute approximate surface area is 111 Å². The normalized spacial score (nSPS) is 28.4. The highest BCUT2D eigenvalue weighted by atomic mass is 16.5. The van der Waals surface area contributed by atoms with Crippen LogP contribution in [0.25, 0.3) is 0 Å². The average Bonchev–Trinajstić information content (AvgIpc) is 2.29. The van der Waals surface area contributed by atoms with Crippen molar-refractivity contribution >= 4 is 5.97 Å². The highest BCUT2D eigenvalue weighted by Gasteiger charge is 2.40. The van der Waals surface area contributed by atoms with Gasteiger partial charge in [0.05, 0.1) is 19.1 Å². The molecule has 1 fully saturated rings. The summed E-state index contributed by atoms with van der Waals surface area (Å²) in [6.45, 7) is 5.21. The Morgan fingerprint density at radius 1 is 1.44 bits per heavy atom. The summed E-state index contributed by atoms with van der Waals surface area (Å²) in [4.78, 5) is 14.0. The largest absolute Gasteiger partial charge is 0.466 e. The minimum atomic E-state index is -0.0941. The standard InChI is InChI=1S/C14H27NO3/c1-5-7-12-10-14(15(3)4,8-9-18-12)11-13(16)17-6-2/h12H,5-11H2,1-4H3. The Morgan fingerprint density at radius 3 is 2.72 bits per heavy atom. The van der Waals surface area contributed by atoms with Crippen molar-refractivity contribution in [3.05, 3.63) is 0 Å². The van der Waals surface area contributed by atoms with Crippen molar-refractivity contribution in [2.45, 2.75) is 57.6 Å². The second-order valence-corrected chi connectivity index (χ2v) is 5.34. The van der Waals surface area contributed by atoms with Gasteiger partial charge in [0.25, 0.3) is 0 Å². The van der Waals surface area contributed by atoms with Gasteiger partial charge in [0.1, 0.15) is 0 Å². The maximum Gasteiger partial charge on any atom is 0.307 e. The van der Waals surface area contributed by atoms with Crippen molar-refractivity contribution in [3.63, 3.8) is 0 Å². The van der Waals surface area contributed by atoms with Crippen LogP contribution in [-0.4, -0.2) is 49.8 Å². The van der Waals surface area contributed by atoms with Crippen molar-refractivity contribution in [1.82, 2.24) is 4.90 Å². The second kappa shape index (κ2) is 7.10. The van der Waals surface area contributed by atoms with Gasteiger partial charge in [0.15, 0.2) is 0 Å². The maximum atomic E-state index is 11.8. The monoisotopic (exact) mass is 257 g/mol. The summed E-state index contributed by atoms with van der Waals surface area (Å²) in [5.41, 5.74) is -0.0929. The van der Waals surface area contributed by atoms with Gasteiger partial charge in [-0.25, -0.2) is 0 Å². The first-order valence-corrected chi connectivity index (χ1v) is 6.98. The third-order valence-electron chi connectivity index (χ3n) is 3.87. The molecule has 1 aliphatic heterocycles. The van der Waals surface area contributed by atoms with Crippen LogP contribution >= 0.6 is 0 Å². The van der Waals surface area contributed by atoms with E-state index in [1.807, 2.05) is 21.0 Å². The molecule has 0 aromatic heterocycles. The smallest absolute Gasteiger partial charge is 0.307 e. The quantitative estimate of drug-likeness (QED) is 0.684. The number of hydrogen-bond acceptors (Lipinski definition) is 4. The molecule has 0 N–H and O–H groups in total. The fourth-order valence-corrected chi connectivity index (χ4v) is 2.71. The van der Waals surface area contributed by atoms with Crippen molar-refractivity contribution in [2.75, 3.05) is 27.3 Å². The molecule has 0 aromatic carbocycles. The van der Waals surface area contributed by atoms with Gasteiger partial charge in [0.2, 0.25) is 0 Å². The number of rotatable bonds is 6. The predicted molar refractivity (Wildman–Crippen MR) is 71.6 cm³/mol. The summed E-state index contributed by atoms with van der Waals surface area (Å²) in [5, 5.41) is 0. The molecule has 0 bridgehead atoms. The molecular weight excluding hydrogens is 230 g/mol. The van der Waals surface area contributed by atoms with E-state index in [2.05, 4.69) is 11.8 Å². The third-order valence-corrected chi connectivity index (χ3v) is 3.87. The number of carbonyl (C=O) groups is 1. The molecule has 1 heterocycles. The molecule has 18 heavy (non-hydrogen) atoms.